The third kappa shape index (κ3) is 2.24. The molecule has 24 heavy (non-hydrogen) atoms. The van der Waals surface area contributed by atoms with Crippen LogP contribution in [0.15, 0.2) is 59.5 Å². The van der Waals surface area contributed by atoms with Crippen LogP contribution in [0.5, 0.6) is 0 Å². The van der Waals surface area contributed by atoms with Crippen LogP contribution < -0.4 is 10.6 Å². The summed E-state index contributed by atoms with van der Waals surface area (Å²) in [6.07, 6.45) is 0. The normalized spacial score (nSPS) is 25.4. The first kappa shape index (κ1) is 15.9. The van der Waals surface area contributed by atoms with Crippen LogP contribution in [0.3, 0.4) is 0 Å². The summed E-state index contributed by atoms with van der Waals surface area (Å²) in [6.45, 7) is 2.94. The molecule has 2 aromatic carbocycles. The topological polar surface area (TPSA) is 32.5 Å². The molecule has 122 valence electrons. The average Bonchev–Trinajstić information content (AvgIpc) is 2.87. The molecule has 2 aliphatic rings. The van der Waals surface area contributed by atoms with E-state index >= 15 is 0 Å². The molecule has 6 heteroatoms. The van der Waals surface area contributed by atoms with Crippen LogP contribution in [0.1, 0.15) is 17.7 Å². The van der Waals surface area contributed by atoms with E-state index in [0.717, 1.165) is 5.69 Å². The molecule has 0 spiro atoms. The zero-order chi connectivity index (χ0) is 16.9. The average molecular weight is 372 g/mol. The second kappa shape index (κ2) is 5.72. The van der Waals surface area contributed by atoms with Gasteiger partial charge in [-0.2, -0.15) is 0 Å². The molecular formula is C18H17N3S3. The fourth-order valence-electron chi connectivity index (χ4n) is 3.60. The minimum atomic E-state index is -0.207. The maximum Gasteiger partial charge on any atom is 0.183 e. The Labute approximate surface area is 156 Å². The number of rotatable bonds is 1. The lowest BCUT2D eigenvalue weighted by Crippen LogP contribution is -2.50. The van der Waals surface area contributed by atoms with Crippen LogP contribution in [0.25, 0.3) is 0 Å². The van der Waals surface area contributed by atoms with Gasteiger partial charge in [-0.15, -0.1) is 11.8 Å². The lowest BCUT2D eigenvalue weighted by molar-refractivity contribution is 0.435. The molecule has 0 aliphatic carbocycles. The van der Waals surface area contributed by atoms with Crippen molar-refractivity contribution in [2.75, 3.05) is 11.4 Å². The summed E-state index contributed by atoms with van der Waals surface area (Å²) in [6, 6.07) is 19.0. The van der Waals surface area contributed by atoms with Crippen molar-refractivity contribution in [1.82, 2.24) is 4.90 Å². The molecule has 2 atom stereocenters. The molecule has 0 saturated carbocycles. The van der Waals surface area contributed by atoms with Crippen LogP contribution in [0.2, 0.25) is 0 Å². The molecule has 2 aliphatic heterocycles. The molecule has 2 N–H and O–H groups in total. The Balaban J connectivity index is 1.90. The summed E-state index contributed by atoms with van der Waals surface area (Å²) >= 11 is 12.9. The van der Waals surface area contributed by atoms with Crippen molar-refractivity contribution in [3.05, 3.63) is 60.2 Å². The van der Waals surface area contributed by atoms with E-state index in [4.69, 9.17) is 30.2 Å². The summed E-state index contributed by atoms with van der Waals surface area (Å²) in [4.78, 5) is 5.35. The minimum Gasteiger partial charge on any atom is -0.376 e. The van der Waals surface area contributed by atoms with E-state index in [1.807, 2.05) is 22.7 Å². The Hall–Kier alpha value is -1.63. The maximum absolute atomic E-state index is 5.94. The predicted molar refractivity (Wildman–Crippen MR) is 108 cm³/mol. The van der Waals surface area contributed by atoms with E-state index in [2.05, 4.69) is 60.4 Å². The summed E-state index contributed by atoms with van der Waals surface area (Å²) < 4.78 is 0. The second-order valence-electron chi connectivity index (χ2n) is 6.28. The summed E-state index contributed by atoms with van der Waals surface area (Å²) in [7, 11) is 0. The lowest BCUT2D eigenvalue weighted by Gasteiger charge is -2.45. The number of thioether (sulfide) groups is 1. The standard InChI is InChI=1S/C18H17N3S3/c1-18-11-20(16(19)22)17(23)21(18)13-9-5-6-10-14(13)24-15(18)12-7-3-2-4-8-12/h2-10,15H,11H2,1H3,(H2,19,22). The predicted octanol–water partition coefficient (Wildman–Crippen LogP) is 3.94. The van der Waals surface area contributed by atoms with Gasteiger partial charge in [-0.05, 0) is 49.1 Å². The van der Waals surface area contributed by atoms with Crippen LogP contribution in [0.4, 0.5) is 5.69 Å². The quantitative estimate of drug-likeness (QED) is 0.765. The van der Waals surface area contributed by atoms with Crippen LogP contribution in [-0.4, -0.2) is 27.2 Å². The molecule has 0 aromatic heterocycles. The highest BCUT2D eigenvalue weighted by atomic mass is 32.2. The van der Waals surface area contributed by atoms with Gasteiger partial charge in [-0.1, -0.05) is 42.5 Å². The van der Waals surface area contributed by atoms with Gasteiger partial charge in [-0.3, -0.25) is 4.90 Å². The van der Waals surface area contributed by atoms with Crippen molar-refractivity contribution in [2.45, 2.75) is 22.6 Å². The minimum absolute atomic E-state index is 0.207. The van der Waals surface area contributed by atoms with Gasteiger partial charge in [-0.25, -0.2) is 0 Å². The van der Waals surface area contributed by atoms with E-state index in [1.165, 1.54) is 10.5 Å². The Kier molecular flexibility index (Phi) is 3.78. The van der Waals surface area contributed by atoms with E-state index in [-0.39, 0.29) is 10.8 Å². The molecular weight excluding hydrogens is 354 g/mol. The number of nitrogens with zero attached hydrogens (tertiary/aromatic N) is 2. The fourth-order valence-corrected chi connectivity index (χ4v) is 5.70. The Morgan fingerprint density at radius 2 is 1.83 bits per heavy atom. The van der Waals surface area contributed by atoms with Crippen LogP contribution in [0, 0.1) is 0 Å². The summed E-state index contributed by atoms with van der Waals surface area (Å²) in [5.41, 5.74) is 8.16. The molecule has 0 radical (unpaired) electrons. The van der Waals surface area contributed by atoms with Gasteiger partial charge in [0.1, 0.15) is 0 Å². The smallest absolute Gasteiger partial charge is 0.183 e. The highest BCUT2D eigenvalue weighted by molar-refractivity contribution is 8.00. The zero-order valence-corrected chi connectivity index (χ0v) is 15.6. The largest absolute Gasteiger partial charge is 0.376 e. The Morgan fingerprint density at radius 3 is 2.54 bits per heavy atom. The molecule has 2 unspecified atom stereocenters. The second-order valence-corrected chi connectivity index (χ2v) is 8.21. The molecule has 4 rings (SSSR count). The molecule has 0 bridgehead atoms. The number of benzene rings is 2. The van der Waals surface area contributed by atoms with Crippen molar-refractivity contribution in [3.63, 3.8) is 0 Å². The zero-order valence-electron chi connectivity index (χ0n) is 13.2. The molecule has 2 heterocycles. The van der Waals surface area contributed by atoms with Gasteiger partial charge < -0.3 is 10.6 Å². The number of para-hydroxylation sites is 1. The first-order chi connectivity index (χ1) is 11.5. The van der Waals surface area contributed by atoms with Crippen molar-refractivity contribution in [1.29, 1.82) is 0 Å². The van der Waals surface area contributed by atoms with Crippen molar-refractivity contribution in [2.24, 2.45) is 5.73 Å². The van der Waals surface area contributed by atoms with E-state index < -0.39 is 0 Å². The summed E-state index contributed by atoms with van der Waals surface area (Å²) in [5, 5.41) is 1.27. The van der Waals surface area contributed by atoms with Crippen LogP contribution >= 0.6 is 36.2 Å². The van der Waals surface area contributed by atoms with Gasteiger partial charge in [0.15, 0.2) is 10.2 Å². The van der Waals surface area contributed by atoms with E-state index in [0.29, 0.717) is 16.8 Å². The number of hydrogen-bond acceptors (Lipinski definition) is 3. The van der Waals surface area contributed by atoms with Gasteiger partial charge in [0.2, 0.25) is 0 Å². The van der Waals surface area contributed by atoms with Gasteiger partial charge in [0.25, 0.3) is 0 Å². The number of hydrogen-bond donors (Lipinski definition) is 1. The number of fused-ring (bicyclic) bond motifs is 3. The highest BCUT2D eigenvalue weighted by Crippen LogP contribution is 2.56. The lowest BCUT2D eigenvalue weighted by atomic mass is 9.90. The first-order valence-electron chi connectivity index (χ1n) is 7.74. The SMILES string of the molecule is CC12CN(C(N)=S)C(=S)N1c1ccccc1SC2c1ccccc1. The third-order valence-corrected chi connectivity index (χ3v) is 6.93. The molecule has 1 fully saturated rings. The Bertz CT molecular complexity index is 823. The van der Waals surface area contributed by atoms with Crippen molar-refractivity contribution in [3.8, 4) is 0 Å². The molecule has 3 nitrogen and oxygen atoms in total. The third-order valence-electron chi connectivity index (χ3n) is 4.70. The highest BCUT2D eigenvalue weighted by Gasteiger charge is 2.54. The Morgan fingerprint density at radius 1 is 1.17 bits per heavy atom. The van der Waals surface area contributed by atoms with Gasteiger partial charge in [0.05, 0.1) is 23.0 Å². The van der Waals surface area contributed by atoms with E-state index in [9.17, 15) is 0 Å². The summed E-state index contributed by atoms with van der Waals surface area (Å²) in [5.74, 6) is 0. The van der Waals surface area contributed by atoms with Crippen molar-refractivity contribution < 1.29 is 0 Å². The fraction of sp³-hybridized carbons (Fsp3) is 0.222. The van der Waals surface area contributed by atoms with Crippen molar-refractivity contribution >= 4 is 52.1 Å². The van der Waals surface area contributed by atoms with Crippen LogP contribution in [-0.2, 0) is 0 Å². The number of anilines is 1. The molecule has 1 saturated heterocycles. The number of thiocarbonyl (C=S) groups is 2. The van der Waals surface area contributed by atoms with Gasteiger partial charge in [0, 0.05) is 4.90 Å². The maximum atomic E-state index is 5.94. The monoisotopic (exact) mass is 371 g/mol. The first-order valence-corrected chi connectivity index (χ1v) is 9.44. The van der Waals surface area contributed by atoms with Gasteiger partial charge >= 0.3 is 0 Å². The molecule has 2 aromatic rings. The number of nitrogens with two attached hydrogens (primary N) is 1. The molecule has 0 amide bonds. The van der Waals surface area contributed by atoms with E-state index in [1.54, 1.807) is 0 Å².